The van der Waals surface area contributed by atoms with Gasteiger partial charge in [-0.15, -0.1) is 11.3 Å². The summed E-state index contributed by atoms with van der Waals surface area (Å²) in [4.78, 5) is 4.11. The molecule has 0 fully saturated rings. The molecule has 0 aliphatic carbocycles. The smallest absolute Gasteiger partial charge is 0.260 e. The molecule has 0 atom stereocenters. The third kappa shape index (κ3) is 3.88. The third-order valence-corrected chi connectivity index (χ3v) is 5.41. The maximum Gasteiger partial charge on any atom is 0.260 e. The van der Waals surface area contributed by atoms with Crippen LogP contribution in [0.25, 0.3) is 0 Å². The molecule has 7 nitrogen and oxygen atoms in total. The van der Waals surface area contributed by atoms with Gasteiger partial charge in [0.15, 0.2) is 5.03 Å². The molecule has 0 bridgehead atoms. The van der Waals surface area contributed by atoms with Crippen molar-refractivity contribution in [1.29, 1.82) is 0 Å². The van der Waals surface area contributed by atoms with E-state index in [4.69, 9.17) is 0 Å². The number of aromatic nitrogens is 3. The highest BCUT2D eigenvalue weighted by atomic mass is 32.2. The van der Waals surface area contributed by atoms with E-state index in [9.17, 15) is 8.42 Å². The van der Waals surface area contributed by atoms with Crippen molar-refractivity contribution in [3.63, 3.8) is 0 Å². The number of H-pyrrole nitrogens is 1. The van der Waals surface area contributed by atoms with Crippen molar-refractivity contribution in [2.75, 3.05) is 13.6 Å². The first-order chi connectivity index (χ1) is 10.1. The van der Waals surface area contributed by atoms with Gasteiger partial charge < -0.3 is 5.32 Å². The van der Waals surface area contributed by atoms with Crippen LogP contribution >= 0.6 is 11.3 Å². The van der Waals surface area contributed by atoms with E-state index in [2.05, 4.69) is 27.4 Å². The fourth-order valence-electron chi connectivity index (χ4n) is 1.83. The van der Waals surface area contributed by atoms with Gasteiger partial charge in [-0.3, -0.25) is 5.10 Å². The Balaban J connectivity index is 2.13. The zero-order chi connectivity index (χ0) is 15.3. The average Bonchev–Trinajstić information content (AvgIpc) is 3.10. The van der Waals surface area contributed by atoms with Crippen LogP contribution < -0.4 is 5.32 Å². The molecule has 0 saturated carbocycles. The van der Waals surface area contributed by atoms with Crippen molar-refractivity contribution in [2.45, 2.75) is 31.5 Å². The van der Waals surface area contributed by atoms with Crippen molar-refractivity contribution >= 4 is 21.4 Å². The normalized spacial score (nSPS) is 12.1. The lowest BCUT2D eigenvalue weighted by Gasteiger charge is -2.16. The van der Waals surface area contributed by atoms with E-state index >= 15 is 0 Å². The molecule has 0 aliphatic rings. The van der Waals surface area contributed by atoms with Gasteiger partial charge in [0.2, 0.25) is 0 Å². The SMILES string of the molecule is CCCNCc1cn[nH]c1S(=O)(=O)N(C)Cc1cscn1. The number of aromatic amines is 1. The molecular formula is C12H19N5O2S2. The van der Waals surface area contributed by atoms with Gasteiger partial charge in [-0.2, -0.15) is 9.40 Å². The van der Waals surface area contributed by atoms with Crippen molar-refractivity contribution in [1.82, 2.24) is 24.8 Å². The summed E-state index contributed by atoms with van der Waals surface area (Å²) >= 11 is 1.44. The van der Waals surface area contributed by atoms with Crippen LogP contribution in [0.5, 0.6) is 0 Å². The second-order valence-corrected chi connectivity index (χ2v) is 7.34. The van der Waals surface area contributed by atoms with Crippen LogP contribution in [0.4, 0.5) is 0 Å². The number of sulfonamides is 1. The van der Waals surface area contributed by atoms with Gasteiger partial charge in [-0.1, -0.05) is 6.92 Å². The standard InChI is InChI=1S/C12H19N5O2S2/c1-3-4-13-5-10-6-15-16-12(10)21(18,19)17(2)7-11-8-20-9-14-11/h6,8-9,13H,3-5,7H2,1-2H3,(H,15,16). The number of rotatable bonds is 8. The second-order valence-electron chi connectivity index (χ2n) is 4.64. The summed E-state index contributed by atoms with van der Waals surface area (Å²) in [5.74, 6) is 0. The predicted octanol–water partition coefficient (Wildman–Crippen LogP) is 1.19. The molecule has 0 amide bonds. The van der Waals surface area contributed by atoms with Crippen LogP contribution in [-0.2, 0) is 23.1 Å². The van der Waals surface area contributed by atoms with Crippen LogP contribution in [0.15, 0.2) is 22.1 Å². The monoisotopic (exact) mass is 329 g/mol. The molecule has 0 radical (unpaired) electrons. The molecule has 2 rings (SSSR count). The predicted molar refractivity (Wildman–Crippen MR) is 81.4 cm³/mol. The van der Waals surface area contributed by atoms with Crippen LogP contribution in [0.1, 0.15) is 24.6 Å². The van der Waals surface area contributed by atoms with Crippen LogP contribution in [0, 0.1) is 0 Å². The Morgan fingerprint density at radius 1 is 1.48 bits per heavy atom. The van der Waals surface area contributed by atoms with Gasteiger partial charge in [0.1, 0.15) is 0 Å². The summed E-state index contributed by atoms with van der Waals surface area (Å²) in [5.41, 5.74) is 3.07. The second kappa shape index (κ2) is 7.12. The highest BCUT2D eigenvalue weighted by Crippen LogP contribution is 2.18. The van der Waals surface area contributed by atoms with E-state index in [1.165, 1.54) is 15.6 Å². The van der Waals surface area contributed by atoms with Gasteiger partial charge in [0, 0.05) is 24.5 Å². The Kier molecular flexibility index (Phi) is 5.45. The summed E-state index contributed by atoms with van der Waals surface area (Å²) in [5, 5.41) is 11.6. The summed E-state index contributed by atoms with van der Waals surface area (Å²) in [6.07, 6.45) is 2.54. The summed E-state index contributed by atoms with van der Waals surface area (Å²) in [7, 11) is -2.06. The summed E-state index contributed by atoms with van der Waals surface area (Å²) < 4.78 is 26.4. The molecule has 2 aromatic rings. The van der Waals surface area contributed by atoms with Gasteiger partial charge in [0.25, 0.3) is 10.0 Å². The van der Waals surface area contributed by atoms with Crippen molar-refractivity contribution in [3.05, 3.63) is 28.3 Å². The minimum absolute atomic E-state index is 0.142. The lowest BCUT2D eigenvalue weighted by molar-refractivity contribution is 0.458. The van der Waals surface area contributed by atoms with E-state index in [-0.39, 0.29) is 11.6 Å². The molecule has 116 valence electrons. The fraction of sp³-hybridized carbons (Fsp3) is 0.500. The van der Waals surface area contributed by atoms with Crippen molar-refractivity contribution < 1.29 is 8.42 Å². The molecular weight excluding hydrogens is 310 g/mol. The largest absolute Gasteiger partial charge is 0.313 e. The molecule has 9 heteroatoms. The van der Waals surface area contributed by atoms with Crippen molar-refractivity contribution in [3.8, 4) is 0 Å². The number of hydrogen-bond acceptors (Lipinski definition) is 6. The molecule has 2 N–H and O–H groups in total. The maximum absolute atomic E-state index is 12.6. The maximum atomic E-state index is 12.6. The Morgan fingerprint density at radius 3 is 2.95 bits per heavy atom. The van der Waals surface area contributed by atoms with Crippen LogP contribution in [-0.4, -0.2) is 41.5 Å². The van der Waals surface area contributed by atoms with Crippen LogP contribution in [0.2, 0.25) is 0 Å². The first-order valence-electron chi connectivity index (χ1n) is 6.62. The van der Waals surface area contributed by atoms with Gasteiger partial charge >= 0.3 is 0 Å². The highest BCUT2D eigenvalue weighted by molar-refractivity contribution is 7.89. The Bertz CT molecular complexity index is 651. The van der Waals surface area contributed by atoms with Gasteiger partial charge in [-0.25, -0.2) is 13.4 Å². The number of nitrogens with zero attached hydrogens (tertiary/aromatic N) is 3. The molecule has 0 saturated heterocycles. The summed E-state index contributed by atoms with van der Waals surface area (Å²) in [6.45, 7) is 3.61. The van der Waals surface area contributed by atoms with E-state index in [0.717, 1.165) is 18.7 Å². The topological polar surface area (TPSA) is 91.0 Å². The van der Waals surface area contributed by atoms with E-state index in [1.807, 2.05) is 5.38 Å². The zero-order valence-electron chi connectivity index (χ0n) is 12.0. The Hall–Kier alpha value is -1.29. The first-order valence-corrected chi connectivity index (χ1v) is 9.00. The average molecular weight is 329 g/mol. The molecule has 0 aliphatic heterocycles. The van der Waals surface area contributed by atoms with Crippen molar-refractivity contribution in [2.24, 2.45) is 0 Å². The third-order valence-electron chi connectivity index (χ3n) is 2.96. The minimum Gasteiger partial charge on any atom is -0.313 e. The Morgan fingerprint density at radius 2 is 2.29 bits per heavy atom. The lowest BCUT2D eigenvalue weighted by Crippen LogP contribution is -2.28. The fourth-order valence-corrected chi connectivity index (χ4v) is 3.62. The van der Waals surface area contributed by atoms with Gasteiger partial charge in [0.05, 0.1) is 23.9 Å². The molecule has 2 heterocycles. The quantitative estimate of drug-likeness (QED) is 0.710. The molecule has 0 spiro atoms. The van der Waals surface area contributed by atoms with Crippen LogP contribution in [0.3, 0.4) is 0 Å². The number of hydrogen-bond donors (Lipinski definition) is 2. The minimum atomic E-state index is -3.60. The first kappa shape index (κ1) is 16.1. The molecule has 0 aromatic carbocycles. The van der Waals surface area contributed by atoms with E-state index in [0.29, 0.717) is 12.1 Å². The zero-order valence-corrected chi connectivity index (χ0v) is 13.7. The lowest BCUT2D eigenvalue weighted by atomic mass is 10.3. The highest BCUT2D eigenvalue weighted by Gasteiger charge is 2.26. The van der Waals surface area contributed by atoms with E-state index in [1.54, 1.807) is 18.8 Å². The van der Waals surface area contributed by atoms with Gasteiger partial charge in [-0.05, 0) is 13.0 Å². The number of nitrogens with one attached hydrogen (secondary N) is 2. The number of thiazole rings is 1. The Labute approximate surface area is 128 Å². The summed E-state index contributed by atoms with van der Waals surface area (Å²) in [6, 6.07) is 0. The van der Waals surface area contributed by atoms with E-state index < -0.39 is 10.0 Å². The molecule has 2 aromatic heterocycles. The molecule has 21 heavy (non-hydrogen) atoms. The molecule has 0 unspecified atom stereocenters.